The molecule has 2 nitrogen and oxygen atoms in total. The van der Waals surface area contributed by atoms with Crippen LogP contribution in [0.4, 0.5) is 0 Å². The number of nitriles is 1. The third-order valence-corrected chi connectivity index (χ3v) is 6.57. The van der Waals surface area contributed by atoms with Gasteiger partial charge in [-0.15, -0.1) is 0 Å². The van der Waals surface area contributed by atoms with Gasteiger partial charge in [-0.3, -0.25) is 4.90 Å². The van der Waals surface area contributed by atoms with E-state index in [0.717, 1.165) is 31.5 Å². The Kier molecular flexibility index (Phi) is 8.38. The Morgan fingerprint density at radius 1 is 1.04 bits per heavy atom. The maximum absolute atomic E-state index is 10.2. The molecule has 0 N–H and O–H groups in total. The van der Waals surface area contributed by atoms with E-state index in [0.29, 0.717) is 16.1 Å². The molecule has 0 aliphatic carbocycles. The first kappa shape index (κ1) is 22.8. The Balaban J connectivity index is 2.18. The third kappa shape index (κ3) is 5.29. The predicted molar refractivity (Wildman–Crippen MR) is 120 cm³/mol. The molecule has 2 unspecified atom stereocenters. The molecular weight excluding hydrogens is 387 g/mol. The van der Waals surface area contributed by atoms with Gasteiger partial charge in [0.15, 0.2) is 0 Å². The monoisotopic (exact) mass is 416 g/mol. The standard InChI is InChI=1S/C24H30Cl2N2/c1-5-28(16-20-9-7-6-8-10-20)19(4)13-14-24(17-27,18(2)3)21-11-12-22(25)23(26)15-21/h6-12,15,18-19H,5,13-14,16H2,1-4H3. The van der Waals surface area contributed by atoms with E-state index < -0.39 is 5.41 Å². The van der Waals surface area contributed by atoms with Gasteiger partial charge < -0.3 is 0 Å². The fraction of sp³-hybridized carbons (Fsp3) is 0.458. The summed E-state index contributed by atoms with van der Waals surface area (Å²) in [7, 11) is 0. The molecule has 4 heteroatoms. The molecule has 0 saturated carbocycles. The van der Waals surface area contributed by atoms with Gasteiger partial charge in [0.1, 0.15) is 0 Å². The van der Waals surface area contributed by atoms with Crippen LogP contribution in [0.25, 0.3) is 0 Å². The van der Waals surface area contributed by atoms with Crippen LogP contribution in [0.1, 0.15) is 51.7 Å². The van der Waals surface area contributed by atoms with Crippen molar-refractivity contribution in [2.75, 3.05) is 6.54 Å². The van der Waals surface area contributed by atoms with Gasteiger partial charge in [0.05, 0.1) is 21.5 Å². The van der Waals surface area contributed by atoms with E-state index in [4.69, 9.17) is 23.2 Å². The SMILES string of the molecule is CCN(Cc1ccccc1)C(C)CCC(C#N)(c1ccc(Cl)c(Cl)c1)C(C)C. The van der Waals surface area contributed by atoms with Crippen molar-refractivity contribution in [3.05, 3.63) is 69.7 Å². The van der Waals surface area contributed by atoms with Gasteiger partial charge in [0.25, 0.3) is 0 Å². The smallest absolute Gasteiger partial charge is 0.0846 e. The number of nitrogens with zero attached hydrogens (tertiary/aromatic N) is 2. The third-order valence-electron chi connectivity index (χ3n) is 5.83. The number of benzene rings is 2. The second-order valence-electron chi connectivity index (χ2n) is 7.80. The highest BCUT2D eigenvalue weighted by molar-refractivity contribution is 6.42. The summed E-state index contributed by atoms with van der Waals surface area (Å²) in [6, 6.07) is 19.1. The Hall–Kier alpha value is -1.53. The van der Waals surface area contributed by atoms with E-state index >= 15 is 0 Å². The summed E-state index contributed by atoms with van der Waals surface area (Å²) in [6.45, 7) is 10.6. The number of hydrogen-bond donors (Lipinski definition) is 0. The minimum absolute atomic E-state index is 0.172. The van der Waals surface area contributed by atoms with Crippen molar-refractivity contribution in [3.8, 4) is 6.07 Å². The average molecular weight is 417 g/mol. The first-order valence-corrected chi connectivity index (χ1v) is 10.7. The quantitative estimate of drug-likeness (QED) is 0.435. The van der Waals surface area contributed by atoms with E-state index in [1.54, 1.807) is 6.07 Å². The fourth-order valence-corrected chi connectivity index (χ4v) is 4.10. The molecule has 2 aromatic rings. The van der Waals surface area contributed by atoms with Crippen molar-refractivity contribution >= 4 is 23.2 Å². The van der Waals surface area contributed by atoms with E-state index in [2.05, 4.69) is 62.9 Å². The summed E-state index contributed by atoms with van der Waals surface area (Å²) in [5.74, 6) is 0.172. The Morgan fingerprint density at radius 2 is 1.71 bits per heavy atom. The lowest BCUT2D eigenvalue weighted by molar-refractivity contribution is 0.186. The molecule has 0 bridgehead atoms. The molecule has 0 aromatic heterocycles. The maximum Gasteiger partial charge on any atom is 0.0846 e. The topological polar surface area (TPSA) is 27.0 Å². The summed E-state index contributed by atoms with van der Waals surface area (Å²) in [6.07, 6.45) is 1.72. The first-order chi connectivity index (χ1) is 13.3. The number of hydrogen-bond acceptors (Lipinski definition) is 2. The minimum Gasteiger partial charge on any atom is -0.297 e. The van der Waals surface area contributed by atoms with Gasteiger partial charge in [0, 0.05) is 12.6 Å². The highest BCUT2D eigenvalue weighted by Gasteiger charge is 2.36. The molecule has 0 heterocycles. The van der Waals surface area contributed by atoms with Crippen LogP contribution in [0.2, 0.25) is 10.0 Å². The van der Waals surface area contributed by atoms with Crippen molar-refractivity contribution in [1.29, 1.82) is 5.26 Å². The van der Waals surface area contributed by atoms with E-state index in [1.807, 2.05) is 18.2 Å². The zero-order valence-corrected chi connectivity index (χ0v) is 18.8. The maximum atomic E-state index is 10.2. The van der Waals surface area contributed by atoms with E-state index in [9.17, 15) is 5.26 Å². The Morgan fingerprint density at radius 3 is 2.25 bits per heavy atom. The number of halogens is 2. The summed E-state index contributed by atoms with van der Waals surface area (Å²) in [5.41, 5.74) is 1.70. The number of rotatable bonds is 9. The van der Waals surface area contributed by atoms with Crippen molar-refractivity contribution < 1.29 is 0 Å². The van der Waals surface area contributed by atoms with Gasteiger partial charge in [-0.25, -0.2) is 0 Å². The Labute approximate surface area is 180 Å². The lowest BCUT2D eigenvalue weighted by atomic mass is 9.69. The van der Waals surface area contributed by atoms with Crippen LogP contribution < -0.4 is 0 Å². The molecule has 150 valence electrons. The van der Waals surface area contributed by atoms with Gasteiger partial charge >= 0.3 is 0 Å². The first-order valence-electron chi connectivity index (χ1n) is 9.98. The largest absolute Gasteiger partial charge is 0.297 e. The van der Waals surface area contributed by atoms with Crippen LogP contribution in [0, 0.1) is 17.2 Å². The van der Waals surface area contributed by atoms with Crippen molar-refractivity contribution in [2.24, 2.45) is 5.92 Å². The molecule has 0 aliphatic heterocycles. The molecule has 0 amide bonds. The highest BCUT2D eigenvalue weighted by Crippen LogP contribution is 2.39. The van der Waals surface area contributed by atoms with Crippen LogP contribution in [0.3, 0.4) is 0 Å². The van der Waals surface area contributed by atoms with Gasteiger partial charge in [0.2, 0.25) is 0 Å². The molecule has 0 spiro atoms. The minimum atomic E-state index is -0.575. The lowest BCUT2D eigenvalue weighted by Gasteiger charge is -2.35. The van der Waals surface area contributed by atoms with Crippen LogP contribution in [0.15, 0.2) is 48.5 Å². The van der Waals surface area contributed by atoms with Crippen LogP contribution in [-0.2, 0) is 12.0 Å². The van der Waals surface area contributed by atoms with E-state index in [1.165, 1.54) is 5.56 Å². The molecule has 2 aromatic carbocycles. The Bertz CT molecular complexity index is 798. The zero-order chi connectivity index (χ0) is 20.7. The molecule has 0 fully saturated rings. The normalized spacial score (nSPS) is 14.7. The zero-order valence-electron chi connectivity index (χ0n) is 17.3. The predicted octanol–water partition coefficient (Wildman–Crippen LogP) is 7.10. The molecule has 2 atom stereocenters. The van der Waals surface area contributed by atoms with Crippen LogP contribution in [0.5, 0.6) is 0 Å². The second kappa shape index (κ2) is 10.3. The van der Waals surface area contributed by atoms with Crippen molar-refractivity contribution in [1.82, 2.24) is 4.90 Å². The molecule has 28 heavy (non-hydrogen) atoms. The molecular formula is C24H30Cl2N2. The molecule has 0 aliphatic rings. The summed E-state index contributed by atoms with van der Waals surface area (Å²) in [4.78, 5) is 2.46. The second-order valence-corrected chi connectivity index (χ2v) is 8.62. The molecule has 0 saturated heterocycles. The van der Waals surface area contributed by atoms with Gasteiger partial charge in [-0.2, -0.15) is 5.26 Å². The van der Waals surface area contributed by atoms with Gasteiger partial charge in [-0.05, 0) is 55.5 Å². The summed E-state index contributed by atoms with van der Waals surface area (Å²) in [5, 5.41) is 11.2. The van der Waals surface area contributed by atoms with Gasteiger partial charge in [-0.1, -0.05) is 80.4 Å². The highest BCUT2D eigenvalue weighted by atomic mass is 35.5. The van der Waals surface area contributed by atoms with Crippen molar-refractivity contribution in [3.63, 3.8) is 0 Å². The van der Waals surface area contributed by atoms with Crippen LogP contribution >= 0.6 is 23.2 Å². The van der Waals surface area contributed by atoms with E-state index in [-0.39, 0.29) is 5.92 Å². The fourth-order valence-electron chi connectivity index (χ4n) is 3.81. The van der Waals surface area contributed by atoms with Crippen molar-refractivity contribution in [2.45, 2.75) is 58.5 Å². The van der Waals surface area contributed by atoms with Crippen LogP contribution in [-0.4, -0.2) is 17.5 Å². The lowest BCUT2D eigenvalue weighted by Crippen LogP contribution is -2.36. The summed E-state index contributed by atoms with van der Waals surface area (Å²) >= 11 is 12.4. The average Bonchev–Trinajstić information content (AvgIpc) is 2.69. The molecule has 2 rings (SSSR count). The summed E-state index contributed by atoms with van der Waals surface area (Å²) < 4.78 is 0. The molecule has 0 radical (unpaired) electrons.